The van der Waals surface area contributed by atoms with Crippen molar-refractivity contribution in [2.24, 2.45) is 5.73 Å². The van der Waals surface area contributed by atoms with Crippen LogP contribution in [0.3, 0.4) is 0 Å². The summed E-state index contributed by atoms with van der Waals surface area (Å²) in [5, 5.41) is 4.10. The Kier molecular flexibility index (Phi) is 4.90. The van der Waals surface area contributed by atoms with Crippen molar-refractivity contribution in [1.82, 2.24) is 19.9 Å². The second-order valence-electron chi connectivity index (χ2n) is 5.63. The zero-order valence-electron chi connectivity index (χ0n) is 12.2. The highest BCUT2D eigenvalue weighted by Crippen LogP contribution is 2.17. The van der Waals surface area contributed by atoms with Crippen LogP contribution in [0, 0.1) is 0 Å². The van der Waals surface area contributed by atoms with Crippen LogP contribution in [0.5, 0.6) is 0 Å². The molecule has 1 aromatic heterocycles. The Hall–Kier alpha value is -0.980. The largest absolute Gasteiger partial charge is 0.339 e. The number of hydrogen-bond donors (Lipinski definition) is 1. The van der Waals surface area contributed by atoms with Crippen LogP contribution in [0.15, 0.2) is 4.52 Å². The molecule has 1 aromatic rings. The molecule has 0 spiro atoms. The van der Waals surface area contributed by atoms with E-state index in [2.05, 4.69) is 41.0 Å². The Morgan fingerprint density at radius 1 is 1.42 bits per heavy atom. The van der Waals surface area contributed by atoms with E-state index in [1.165, 1.54) is 0 Å². The molecule has 2 N–H and O–H groups in total. The van der Waals surface area contributed by atoms with Crippen LogP contribution in [-0.2, 0) is 6.42 Å². The van der Waals surface area contributed by atoms with Crippen molar-refractivity contribution >= 4 is 0 Å². The number of nitrogens with two attached hydrogens (primary N) is 1. The van der Waals surface area contributed by atoms with Gasteiger partial charge in [-0.05, 0) is 27.1 Å². The molecule has 1 saturated heterocycles. The second-order valence-corrected chi connectivity index (χ2v) is 5.63. The highest BCUT2D eigenvalue weighted by Gasteiger charge is 2.24. The van der Waals surface area contributed by atoms with Crippen LogP contribution in [0.2, 0.25) is 0 Å². The fourth-order valence-corrected chi connectivity index (χ4v) is 2.46. The standard InChI is InChI=1S/C13H25N5O/c1-10(4-5-14)13-15-12(16-19-13)8-11-9-17(2)6-7-18(11)3/h10-11H,4-9,14H2,1-3H3. The van der Waals surface area contributed by atoms with Gasteiger partial charge < -0.3 is 20.1 Å². The molecule has 19 heavy (non-hydrogen) atoms. The predicted molar refractivity (Wildman–Crippen MR) is 74.0 cm³/mol. The predicted octanol–water partition coefficient (Wildman–Crippen LogP) is 0.310. The molecule has 2 heterocycles. The monoisotopic (exact) mass is 267 g/mol. The van der Waals surface area contributed by atoms with Gasteiger partial charge in [-0.25, -0.2) is 0 Å². The van der Waals surface area contributed by atoms with Gasteiger partial charge in [0.1, 0.15) is 0 Å². The number of rotatable bonds is 5. The van der Waals surface area contributed by atoms with Gasteiger partial charge in [-0.3, -0.25) is 0 Å². The molecular formula is C13H25N5O. The van der Waals surface area contributed by atoms with Gasteiger partial charge in [-0.2, -0.15) is 4.98 Å². The lowest BCUT2D eigenvalue weighted by atomic mass is 10.1. The Balaban J connectivity index is 1.95. The van der Waals surface area contributed by atoms with Crippen molar-refractivity contribution < 1.29 is 4.52 Å². The summed E-state index contributed by atoms with van der Waals surface area (Å²) in [6.07, 6.45) is 1.73. The molecule has 2 atom stereocenters. The molecule has 0 aromatic carbocycles. The summed E-state index contributed by atoms with van der Waals surface area (Å²) in [5.74, 6) is 1.77. The van der Waals surface area contributed by atoms with Crippen LogP contribution < -0.4 is 5.73 Å². The molecule has 0 radical (unpaired) electrons. The van der Waals surface area contributed by atoms with Crippen LogP contribution >= 0.6 is 0 Å². The second kappa shape index (κ2) is 6.45. The third-order valence-corrected chi connectivity index (χ3v) is 3.90. The van der Waals surface area contributed by atoms with Crippen LogP contribution in [0.25, 0.3) is 0 Å². The summed E-state index contributed by atoms with van der Waals surface area (Å²) in [6.45, 7) is 5.99. The molecule has 2 rings (SSSR count). The minimum atomic E-state index is 0.248. The summed E-state index contributed by atoms with van der Waals surface area (Å²) >= 11 is 0. The first-order valence-electron chi connectivity index (χ1n) is 7.01. The number of nitrogens with zero attached hydrogens (tertiary/aromatic N) is 4. The summed E-state index contributed by atoms with van der Waals surface area (Å²) in [4.78, 5) is 9.23. The van der Waals surface area contributed by atoms with Crippen LogP contribution in [0.4, 0.5) is 0 Å². The molecule has 0 aliphatic carbocycles. The average Bonchev–Trinajstić information content (AvgIpc) is 2.83. The third-order valence-electron chi connectivity index (χ3n) is 3.90. The Labute approximate surface area is 114 Å². The normalized spacial score (nSPS) is 23.7. The number of aromatic nitrogens is 2. The van der Waals surface area contributed by atoms with Gasteiger partial charge >= 0.3 is 0 Å². The van der Waals surface area contributed by atoms with Gasteiger partial charge in [-0.1, -0.05) is 12.1 Å². The lowest BCUT2D eigenvalue weighted by Gasteiger charge is -2.37. The van der Waals surface area contributed by atoms with E-state index in [0.29, 0.717) is 18.5 Å². The smallest absolute Gasteiger partial charge is 0.229 e. The zero-order chi connectivity index (χ0) is 13.8. The minimum absolute atomic E-state index is 0.248. The number of likely N-dealkylation sites (N-methyl/N-ethyl adjacent to an activating group) is 2. The van der Waals surface area contributed by atoms with Crippen molar-refractivity contribution in [3.05, 3.63) is 11.7 Å². The van der Waals surface area contributed by atoms with Gasteiger partial charge in [0.25, 0.3) is 0 Å². The van der Waals surface area contributed by atoms with E-state index < -0.39 is 0 Å². The Bertz CT molecular complexity index is 394. The van der Waals surface area contributed by atoms with E-state index in [-0.39, 0.29) is 5.92 Å². The SMILES string of the molecule is CC(CCN)c1nc(CC2CN(C)CCN2C)no1. The van der Waals surface area contributed by atoms with Gasteiger partial charge in [0.15, 0.2) is 5.82 Å². The minimum Gasteiger partial charge on any atom is -0.339 e. The van der Waals surface area contributed by atoms with Crippen molar-refractivity contribution in [3.63, 3.8) is 0 Å². The van der Waals surface area contributed by atoms with E-state index in [0.717, 1.165) is 38.3 Å². The molecule has 108 valence electrons. The first kappa shape index (κ1) is 14.4. The first-order chi connectivity index (χ1) is 9.10. The van der Waals surface area contributed by atoms with Gasteiger partial charge in [0.2, 0.25) is 5.89 Å². The molecule has 0 saturated carbocycles. The van der Waals surface area contributed by atoms with E-state index in [1.54, 1.807) is 0 Å². The molecular weight excluding hydrogens is 242 g/mol. The highest BCUT2D eigenvalue weighted by molar-refractivity contribution is 4.96. The van der Waals surface area contributed by atoms with Crippen molar-refractivity contribution in [3.8, 4) is 0 Å². The maximum absolute atomic E-state index is 5.55. The molecule has 1 aliphatic rings. The van der Waals surface area contributed by atoms with E-state index in [9.17, 15) is 0 Å². The summed E-state index contributed by atoms with van der Waals surface area (Å²) in [7, 11) is 4.32. The van der Waals surface area contributed by atoms with Crippen molar-refractivity contribution in [2.75, 3.05) is 40.3 Å². The lowest BCUT2D eigenvalue weighted by molar-refractivity contribution is 0.113. The Morgan fingerprint density at radius 2 is 2.21 bits per heavy atom. The van der Waals surface area contributed by atoms with Crippen molar-refractivity contribution in [2.45, 2.75) is 31.7 Å². The maximum atomic E-state index is 5.55. The topological polar surface area (TPSA) is 71.4 Å². The van der Waals surface area contributed by atoms with Crippen molar-refractivity contribution in [1.29, 1.82) is 0 Å². The quantitative estimate of drug-likeness (QED) is 0.828. The maximum Gasteiger partial charge on any atom is 0.229 e. The molecule has 6 nitrogen and oxygen atoms in total. The number of piperazine rings is 1. The fourth-order valence-electron chi connectivity index (χ4n) is 2.46. The van der Waals surface area contributed by atoms with E-state index in [4.69, 9.17) is 10.3 Å². The Morgan fingerprint density at radius 3 is 2.95 bits per heavy atom. The first-order valence-corrected chi connectivity index (χ1v) is 7.01. The summed E-state index contributed by atoms with van der Waals surface area (Å²) in [5.41, 5.74) is 5.55. The van der Waals surface area contributed by atoms with Gasteiger partial charge in [0.05, 0.1) is 0 Å². The van der Waals surface area contributed by atoms with Crippen LogP contribution in [-0.4, -0.2) is 66.3 Å². The number of hydrogen-bond acceptors (Lipinski definition) is 6. The molecule has 1 aliphatic heterocycles. The molecule has 2 unspecified atom stereocenters. The van der Waals surface area contributed by atoms with Gasteiger partial charge in [-0.15, -0.1) is 0 Å². The highest BCUT2D eigenvalue weighted by atomic mass is 16.5. The van der Waals surface area contributed by atoms with E-state index >= 15 is 0 Å². The fraction of sp³-hybridized carbons (Fsp3) is 0.846. The lowest BCUT2D eigenvalue weighted by Crippen LogP contribution is -2.50. The molecule has 0 amide bonds. The summed E-state index contributed by atoms with van der Waals surface area (Å²) < 4.78 is 5.33. The van der Waals surface area contributed by atoms with Crippen LogP contribution in [0.1, 0.15) is 31.0 Å². The third kappa shape index (κ3) is 3.75. The molecule has 1 fully saturated rings. The molecule has 0 bridgehead atoms. The van der Waals surface area contributed by atoms with Gasteiger partial charge in [0, 0.05) is 38.0 Å². The summed E-state index contributed by atoms with van der Waals surface area (Å²) in [6, 6.07) is 0.467. The zero-order valence-corrected chi connectivity index (χ0v) is 12.2. The average molecular weight is 267 g/mol. The van der Waals surface area contributed by atoms with E-state index in [1.807, 2.05) is 0 Å². The molecule has 6 heteroatoms.